The first kappa shape index (κ1) is 11.5. The molecule has 0 unspecified atom stereocenters. The first-order chi connectivity index (χ1) is 7.77. The van der Waals surface area contributed by atoms with Crippen LogP contribution < -0.4 is 0 Å². The van der Waals surface area contributed by atoms with Gasteiger partial charge >= 0.3 is 5.97 Å². The first-order valence-electron chi connectivity index (χ1n) is 5.83. The lowest BCUT2D eigenvalue weighted by Gasteiger charge is -2.22. The summed E-state index contributed by atoms with van der Waals surface area (Å²) in [4.78, 5) is 11.7. The monoisotopic (exact) mass is 226 g/mol. The summed E-state index contributed by atoms with van der Waals surface area (Å²) in [6.45, 7) is 2.78. The van der Waals surface area contributed by atoms with Gasteiger partial charge in [0.2, 0.25) is 0 Å². The molecule has 1 heterocycles. The highest BCUT2D eigenvalue weighted by atomic mass is 16.6. The van der Waals surface area contributed by atoms with Crippen molar-refractivity contribution in [3.05, 3.63) is 11.3 Å². The summed E-state index contributed by atoms with van der Waals surface area (Å²) in [6.07, 6.45) is 2.91. The minimum atomic E-state index is -0.223. The second-order valence-electron chi connectivity index (χ2n) is 4.15. The van der Waals surface area contributed by atoms with Crippen LogP contribution in [0, 0.1) is 5.92 Å². The molecule has 0 aromatic carbocycles. The quantitative estimate of drug-likeness (QED) is 0.686. The van der Waals surface area contributed by atoms with Gasteiger partial charge in [-0.1, -0.05) is 0 Å². The Hall–Kier alpha value is -1.03. The van der Waals surface area contributed by atoms with E-state index in [1.54, 1.807) is 7.11 Å². The van der Waals surface area contributed by atoms with E-state index in [9.17, 15) is 4.79 Å². The second-order valence-corrected chi connectivity index (χ2v) is 4.15. The zero-order valence-corrected chi connectivity index (χ0v) is 9.82. The van der Waals surface area contributed by atoms with Crippen molar-refractivity contribution in [3.63, 3.8) is 0 Å². The lowest BCUT2D eigenvalue weighted by atomic mass is 9.86. The molecule has 0 N–H and O–H groups in total. The number of ether oxygens (including phenoxy) is 3. The first-order valence-corrected chi connectivity index (χ1v) is 5.83. The standard InChI is InChI=1S/C12H18O4/c1-3-15-12(13)9-6-4-5-8-10(14-2)7-16-11(8)9/h8,10H,3-7H2,1-2H3/t8-,10-/m1/s1. The van der Waals surface area contributed by atoms with Crippen molar-refractivity contribution in [1.29, 1.82) is 0 Å². The van der Waals surface area contributed by atoms with E-state index in [-0.39, 0.29) is 18.0 Å². The summed E-state index contributed by atoms with van der Waals surface area (Å²) in [7, 11) is 1.69. The summed E-state index contributed by atoms with van der Waals surface area (Å²) >= 11 is 0. The molecule has 0 amide bonds. The molecule has 2 atom stereocenters. The molecule has 0 saturated carbocycles. The summed E-state index contributed by atoms with van der Waals surface area (Å²) in [6, 6.07) is 0. The lowest BCUT2D eigenvalue weighted by molar-refractivity contribution is -0.139. The molecule has 0 spiro atoms. The van der Waals surface area contributed by atoms with Crippen LogP contribution in [0.3, 0.4) is 0 Å². The van der Waals surface area contributed by atoms with Gasteiger partial charge in [-0.3, -0.25) is 0 Å². The Morgan fingerprint density at radius 1 is 1.56 bits per heavy atom. The van der Waals surface area contributed by atoms with Gasteiger partial charge in [-0.25, -0.2) is 4.79 Å². The van der Waals surface area contributed by atoms with Gasteiger partial charge in [0.25, 0.3) is 0 Å². The minimum absolute atomic E-state index is 0.0970. The van der Waals surface area contributed by atoms with E-state index in [1.807, 2.05) is 6.92 Å². The molecule has 4 heteroatoms. The van der Waals surface area contributed by atoms with Crippen LogP contribution in [0.25, 0.3) is 0 Å². The minimum Gasteiger partial charge on any atom is -0.494 e. The van der Waals surface area contributed by atoms with E-state index in [0.29, 0.717) is 13.2 Å². The highest BCUT2D eigenvalue weighted by Gasteiger charge is 2.39. The van der Waals surface area contributed by atoms with E-state index in [4.69, 9.17) is 14.2 Å². The summed E-state index contributed by atoms with van der Waals surface area (Å²) in [5.74, 6) is 0.841. The van der Waals surface area contributed by atoms with Crippen molar-refractivity contribution in [1.82, 2.24) is 0 Å². The number of hydrogen-bond acceptors (Lipinski definition) is 4. The van der Waals surface area contributed by atoms with Crippen molar-refractivity contribution < 1.29 is 19.0 Å². The Labute approximate surface area is 95.6 Å². The highest BCUT2D eigenvalue weighted by Crippen LogP contribution is 2.39. The zero-order valence-electron chi connectivity index (χ0n) is 9.82. The number of fused-ring (bicyclic) bond motifs is 1. The Kier molecular flexibility index (Phi) is 3.49. The lowest BCUT2D eigenvalue weighted by Crippen LogP contribution is -2.24. The molecule has 1 aliphatic heterocycles. The van der Waals surface area contributed by atoms with Gasteiger partial charge in [-0.05, 0) is 26.2 Å². The second kappa shape index (κ2) is 4.87. The van der Waals surface area contributed by atoms with E-state index in [1.165, 1.54) is 0 Å². The van der Waals surface area contributed by atoms with E-state index >= 15 is 0 Å². The predicted molar refractivity (Wildman–Crippen MR) is 57.7 cm³/mol. The van der Waals surface area contributed by atoms with Crippen LogP contribution in [0.4, 0.5) is 0 Å². The van der Waals surface area contributed by atoms with Crippen molar-refractivity contribution in [3.8, 4) is 0 Å². The van der Waals surface area contributed by atoms with Gasteiger partial charge in [0.05, 0.1) is 12.2 Å². The molecule has 0 radical (unpaired) electrons. The Morgan fingerprint density at radius 3 is 3.06 bits per heavy atom. The van der Waals surface area contributed by atoms with Crippen LogP contribution in [0.2, 0.25) is 0 Å². The SMILES string of the molecule is CCOC(=O)C1=C2OC[C@@H](OC)[C@H]2CCC1. The molecule has 4 nitrogen and oxygen atoms in total. The number of hydrogen-bond donors (Lipinski definition) is 0. The number of carbonyl (C=O) groups excluding carboxylic acids is 1. The maximum absolute atomic E-state index is 11.7. The Balaban J connectivity index is 2.20. The molecule has 1 aliphatic carbocycles. The van der Waals surface area contributed by atoms with Crippen LogP contribution in [-0.2, 0) is 19.0 Å². The van der Waals surface area contributed by atoms with Gasteiger partial charge in [0, 0.05) is 13.0 Å². The van der Waals surface area contributed by atoms with Crippen LogP contribution in [-0.4, -0.2) is 32.4 Å². The molecule has 1 fully saturated rings. The Morgan fingerprint density at radius 2 is 2.38 bits per heavy atom. The fourth-order valence-corrected chi connectivity index (χ4v) is 2.47. The summed E-state index contributed by atoms with van der Waals surface area (Å²) in [5, 5.41) is 0. The normalized spacial score (nSPS) is 28.6. The van der Waals surface area contributed by atoms with Crippen molar-refractivity contribution in [2.45, 2.75) is 32.3 Å². The molecule has 0 aromatic heterocycles. The van der Waals surface area contributed by atoms with Gasteiger partial charge in [-0.2, -0.15) is 0 Å². The van der Waals surface area contributed by atoms with E-state index in [0.717, 1.165) is 30.6 Å². The molecular formula is C12H18O4. The van der Waals surface area contributed by atoms with Crippen molar-refractivity contribution in [2.24, 2.45) is 5.92 Å². The molecule has 2 aliphatic rings. The molecule has 1 saturated heterocycles. The van der Waals surface area contributed by atoms with Crippen LogP contribution in [0.5, 0.6) is 0 Å². The molecule has 0 aromatic rings. The molecule has 16 heavy (non-hydrogen) atoms. The van der Waals surface area contributed by atoms with Crippen molar-refractivity contribution in [2.75, 3.05) is 20.3 Å². The average Bonchev–Trinajstić information content (AvgIpc) is 2.71. The van der Waals surface area contributed by atoms with Gasteiger partial charge in [0.15, 0.2) is 0 Å². The maximum Gasteiger partial charge on any atom is 0.337 e. The highest BCUT2D eigenvalue weighted by molar-refractivity contribution is 5.89. The molecule has 2 rings (SSSR count). The fraction of sp³-hybridized carbons (Fsp3) is 0.750. The van der Waals surface area contributed by atoms with Crippen molar-refractivity contribution >= 4 is 5.97 Å². The van der Waals surface area contributed by atoms with Crippen LogP contribution in [0.15, 0.2) is 11.3 Å². The third-order valence-corrected chi connectivity index (χ3v) is 3.25. The maximum atomic E-state index is 11.7. The zero-order chi connectivity index (χ0) is 11.5. The third kappa shape index (κ3) is 1.94. The van der Waals surface area contributed by atoms with Gasteiger partial charge < -0.3 is 14.2 Å². The Bertz CT molecular complexity index is 308. The van der Waals surface area contributed by atoms with Crippen LogP contribution >= 0.6 is 0 Å². The number of methoxy groups -OCH3 is 1. The van der Waals surface area contributed by atoms with E-state index in [2.05, 4.69) is 0 Å². The average molecular weight is 226 g/mol. The summed E-state index contributed by atoms with van der Waals surface area (Å²) < 4.78 is 16.0. The smallest absolute Gasteiger partial charge is 0.337 e. The van der Waals surface area contributed by atoms with Gasteiger partial charge in [-0.15, -0.1) is 0 Å². The largest absolute Gasteiger partial charge is 0.494 e. The third-order valence-electron chi connectivity index (χ3n) is 3.25. The topological polar surface area (TPSA) is 44.8 Å². The fourth-order valence-electron chi connectivity index (χ4n) is 2.47. The number of rotatable bonds is 3. The molecular weight excluding hydrogens is 208 g/mol. The van der Waals surface area contributed by atoms with Crippen LogP contribution in [0.1, 0.15) is 26.2 Å². The number of esters is 1. The summed E-state index contributed by atoms with van der Waals surface area (Å²) in [5.41, 5.74) is 0.720. The molecule has 0 bridgehead atoms. The molecule has 90 valence electrons. The van der Waals surface area contributed by atoms with E-state index < -0.39 is 0 Å². The number of carbonyl (C=O) groups is 1. The predicted octanol–water partition coefficient (Wildman–Crippen LogP) is 1.65. The van der Waals surface area contributed by atoms with Gasteiger partial charge in [0.1, 0.15) is 18.5 Å².